The summed E-state index contributed by atoms with van der Waals surface area (Å²) in [6.07, 6.45) is 7.51. The predicted octanol–water partition coefficient (Wildman–Crippen LogP) is 2.02. The minimum atomic E-state index is -3.35. The van der Waals surface area contributed by atoms with Crippen molar-refractivity contribution < 1.29 is 8.42 Å². The van der Waals surface area contributed by atoms with Gasteiger partial charge in [-0.05, 0) is 43.2 Å². The molecular formula is C15H23N3O2S. The number of pyridine rings is 1. The average molecular weight is 309 g/mol. The number of hydrogen-bond acceptors (Lipinski definition) is 3. The molecule has 0 aromatic carbocycles. The van der Waals surface area contributed by atoms with Crippen LogP contribution < -0.4 is 0 Å². The fourth-order valence-electron chi connectivity index (χ4n) is 2.94. The molecule has 1 saturated carbocycles. The maximum atomic E-state index is 12.9. The van der Waals surface area contributed by atoms with Crippen LogP contribution in [0.5, 0.6) is 0 Å². The largest absolute Gasteiger partial charge is 0.282 e. The number of aromatic nitrogens is 1. The monoisotopic (exact) mass is 309 g/mol. The van der Waals surface area contributed by atoms with Crippen molar-refractivity contribution in [2.45, 2.75) is 45.2 Å². The van der Waals surface area contributed by atoms with Gasteiger partial charge in [-0.15, -0.1) is 0 Å². The van der Waals surface area contributed by atoms with Gasteiger partial charge in [-0.1, -0.05) is 13.0 Å². The van der Waals surface area contributed by atoms with Crippen LogP contribution in [-0.2, 0) is 16.8 Å². The van der Waals surface area contributed by atoms with Crippen molar-refractivity contribution in [3.05, 3.63) is 30.1 Å². The van der Waals surface area contributed by atoms with Gasteiger partial charge in [0.2, 0.25) is 0 Å². The van der Waals surface area contributed by atoms with Gasteiger partial charge in [-0.3, -0.25) is 4.98 Å². The summed E-state index contributed by atoms with van der Waals surface area (Å²) in [7, 11) is -3.35. The molecule has 1 unspecified atom stereocenters. The van der Waals surface area contributed by atoms with Crippen molar-refractivity contribution in [3.63, 3.8) is 0 Å². The molecule has 1 aromatic rings. The topological polar surface area (TPSA) is 53.5 Å². The van der Waals surface area contributed by atoms with Crippen molar-refractivity contribution >= 4 is 10.2 Å². The quantitative estimate of drug-likeness (QED) is 0.836. The molecule has 2 fully saturated rings. The second-order valence-corrected chi connectivity index (χ2v) is 8.13. The Hall–Kier alpha value is -0.980. The highest BCUT2D eigenvalue weighted by Crippen LogP contribution is 2.33. The van der Waals surface area contributed by atoms with Crippen molar-refractivity contribution in [2.75, 3.05) is 13.1 Å². The molecule has 116 valence electrons. The Labute approximate surface area is 127 Å². The van der Waals surface area contributed by atoms with Gasteiger partial charge >= 0.3 is 0 Å². The van der Waals surface area contributed by atoms with Crippen LogP contribution in [-0.4, -0.2) is 41.1 Å². The van der Waals surface area contributed by atoms with Crippen molar-refractivity contribution in [1.29, 1.82) is 0 Å². The maximum absolute atomic E-state index is 12.9. The third-order valence-corrected chi connectivity index (χ3v) is 6.26. The minimum Gasteiger partial charge on any atom is -0.264 e. The van der Waals surface area contributed by atoms with Crippen molar-refractivity contribution in [3.8, 4) is 0 Å². The molecule has 2 aliphatic rings. The van der Waals surface area contributed by atoms with Gasteiger partial charge < -0.3 is 0 Å². The Morgan fingerprint density at radius 2 is 2.19 bits per heavy atom. The average Bonchev–Trinajstić information content (AvgIpc) is 3.30. The molecule has 0 N–H and O–H groups in total. The van der Waals surface area contributed by atoms with Gasteiger partial charge in [0.05, 0.1) is 0 Å². The summed E-state index contributed by atoms with van der Waals surface area (Å²) in [5.41, 5.74) is 0.957. The second kappa shape index (κ2) is 6.02. The van der Waals surface area contributed by atoms with Crippen LogP contribution in [0.15, 0.2) is 24.5 Å². The molecule has 2 heterocycles. The lowest BCUT2D eigenvalue weighted by Gasteiger charge is -2.34. The summed E-state index contributed by atoms with van der Waals surface area (Å²) in [4.78, 5) is 4.09. The van der Waals surface area contributed by atoms with E-state index in [1.807, 2.05) is 12.1 Å². The molecule has 1 aliphatic carbocycles. The molecule has 0 amide bonds. The van der Waals surface area contributed by atoms with Gasteiger partial charge in [0, 0.05) is 38.1 Å². The van der Waals surface area contributed by atoms with E-state index in [1.165, 1.54) is 0 Å². The van der Waals surface area contributed by atoms with Gasteiger partial charge in [0.25, 0.3) is 10.2 Å². The Morgan fingerprint density at radius 3 is 2.81 bits per heavy atom. The summed E-state index contributed by atoms with van der Waals surface area (Å²) in [5.74, 6) is 0.452. The summed E-state index contributed by atoms with van der Waals surface area (Å²) >= 11 is 0. The molecule has 6 heteroatoms. The third kappa shape index (κ3) is 3.44. The van der Waals surface area contributed by atoms with Crippen LogP contribution >= 0.6 is 0 Å². The zero-order valence-electron chi connectivity index (χ0n) is 12.5. The summed E-state index contributed by atoms with van der Waals surface area (Å²) in [5, 5.41) is 0. The first-order valence-corrected chi connectivity index (χ1v) is 9.13. The number of rotatable bonds is 5. The lowest BCUT2D eigenvalue weighted by molar-refractivity contribution is 0.253. The molecule has 0 bridgehead atoms. The molecule has 0 spiro atoms. The fourth-order valence-corrected chi connectivity index (χ4v) is 4.94. The van der Waals surface area contributed by atoms with Crippen molar-refractivity contribution in [1.82, 2.24) is 13.6 Å². The number of hydrogen-bond donors (Lipinski definition) is 0. The van der Waals surface area contributed by atoms with Crippen molar-refractivity contribution in [2.24, 2.45) is 5.92 Å². The number of piperidine rings is 1. The van der Waals surface area contributed by atoms with Crippen LogP contribution in [0.25, 0.3) is 0 Å². The molecular weight excluding hydrogens is 286 g/mol. The molecule has 5 nitrogen and oxygen atoms in total. The lowest BCUT2D eigenvalue weighted by atomic mass is 10.0. The normalized spacial score (nSPS) is 24.4. The second-order valence-electron chi connectivity index (χ2n) is 6.25. The molecule has 21 heavy (non-hydrogen) atoms. The SMILES string of the molecule is CC1CCCN(S(=O)(=O)N(Cc2cccnc2)C2CC2)C1. The lowest BCUT2D eigenvalue weighted by Crippen LogP contribution is -2.48. The maximum Gasteiger partial charge on any atom is 0.282 e. The highest BCUT2D eigenvalue weighted by molar-refractivity contribution is 7.86. The highest BCUT2D eigenvalue weighted by Gasteiger charge is 2.41. The molecule has 1 atom stereocenters. The first-order chi connectivity index (χ1) is 10.1. The van der Waals surface area contributed by atoms with Crippen LogP contribution in [0.4, 0.5) is 0 Å². The van der Waals surface area contributed by atoms with E-state index in [0.29, 0.717) is 25.6 Å². The minimum absolute atomic E-state index is 0.174. The van der Waals surface area contributed by atoms with E-state index in [4.69, 9.17) is 0 Å². The van der Waals surface area contributed by atoms with E-state index >= 15 is 0 Å². The van der Waals surface area contributed by atoms with Gasteiger partial charge in [-0.25, -0.2) is 0 Å². The van der Waals surface area contributed by atoms with E-state index in [-0.39, 0.29) is 6.04 Å². The highest BCUT2D eigenvalue weighted by atomic mass is 32.2. The molecule has 1 saturated heterocycles. The molecule has 1 aromatic heterocycles. The summed E-state index contributed by atoms with van der Waals surface area (Å²) in [6, 6.07) is 3.97. The fraction of sp³-hybridized carbons (Fsp3) is 0.667. The molecule has 1 aliphatic heterocycles. The third-order valence-electron chi connectivity index (χ3n) is 4.26. The summed E-state index contributed by atoms with van der Waals surface area (Å²) in [6.45, 7) is 3.87. The Morgan fingerprint density at radius 1 is 1.38 bits per heavy atom. The van der Waals surface area contributed by atoms with Crippen LogP contribution in [0.2, 0.25) is 0 Å². The van der Waals surface area contributed by atoms with E-state index in [1.54, 1.807) is 21.0 Å². The Kier molecular flexibility index (Phi) is 4.28. The first-order valence-electron chi connectivity index (χ1n) is 7.73. The molecule has 0 radical (unpaired) electrons. The standard InChI is InChI=1S/C15H23N3O2S/c1-13-4-3-9-17(11-13)21(19,20)18(15-6-7-15)12-14-5-2-8-16-10-14/h2,5,8,10,13,15H,3-4,6-7,9,11-12H2,1H3. The Balaban J connectivity index is 1.79. The Bertz CT molecular complexity index is 572. The predicted molar refractivity (Wildman–Crippen MR) is 81.7 cm³/mol. The summed E-state index contributed by atoms with van der Waals surface area (Å²) < 4.78 is 29.3. The smallest absolute Gasteiger partial charge is 0.264 e. The first kappa shape index (κ1) is 14.9. The van der Waals surface area contributed by atoms with Crippen LogP contribution in [0.1, 0.15) is 38.2 Å². The van der Waals surface area contributed by atoms with E-state index in [2.05, 4.69) is 11.9 Å². The van der Waals surface area contributed by atoms with E-state index in [9.17, 15) is 8.42 Å². The van der Waals surface area contributed by atoms with Gasteiger partial charge in [0.15, 0.2) is 0 Å². The van der Waals surface area contributed by atoms with Crippen LogP contribution in [0.3, 0.4) is 0 Å². The molecule has 3 rings (SSSR count). The van der Waals surface area contributed by atoms with Gasteiger partial charge in [0.1, 0.15) is 0 Å². The van der Waals surface area contributed by atoms with Gasteiger partial charge in [-0.2, -0.15) is 17.0 Å². The zero-order chi connectivity index (χ0) is 14.9. The van der Waals surface area contributed by atoms with E-state index in [0.717, 1.165) is 31.2 Å². The number of nitrogens with zero attached hydrogens (tertiary/aromatic N) is 3. The van der Waals surface area contributed by atoms with E-state index < -0.39 is 10.2 Å². The zero-order valence-corrected chi connectivity index (χ0v) is 13.3. The van der Waals surface area contributed by atoms with Crippen LogP contribution in [0, 0.1) is 5.92 Å².